The van der Waals surface area contributed by atoms with Crippen molar-refractivity contribution in [1.82, 2.24) is 0 Å². The lowest BCUT2D eigenvalue weighted by Gasteiger charge is -2.21. The van der Waals surface area contributed by atoms with Gasteiger partial charge in [-0.2, -0.15) is 0 Å². The van der Waals surface area contributed by atoms with Crippen LogP contribution >= 0.6 is 0 Å². The van der Waals surface area contributed by atoms with Crippen LogP contribution < -0.4 is 4.90 Å². The van der Waals surface area contributed by atoms with Gasteiger partial charge in [0, 0.05) is 6.42 Å². The molecule has 0 atom stereocenters. The number of hydrogen-bond donors (Lipinski definition) is 1. The van der Waals surface area contributed by atoms with Crippen molar-refractivity contribution in [2.24, 2.45) is 5.41 Å². The van der Waals surface area contributed by atoms with E-state index in [9.17, 15) is 4.79 Å². The minimum absolute atomic E-state index is 0.0652. The lowest BCUT2D eigenvalue weighted by molar-refractivity contribution is -0.896. The summed E-state index contributed by atoms with van der Waals surface area (Å²) >= 11 is 0. The summed E-state index contributed by atoms with van der Waals surface area (Å²) in [4.78, 5) is 13.2. The Kier molecular flexibility index (Phi) is 7.39. The SMILES string of the molecule is CC[NH+](CC)CCCOC(=O)C(C)(C)CC. The van der Waals surface area contributed by atoms with Crippen LogP contribution in [0, 0.1) is 5.41 Å². The quantitative estimate of drug-likeness (QED) is 0.503. The number of nitrogens with one attached hydrogen (secondary N) is 1. The standard InChI is InChI=1S/C13H27NO2/c1-6-13(4,5)12(15)16-11-9-10-14(7-2)8-3/h6-11H2,1-5H3/p+1. The smallest absolute Gasteiger partial charge is 0.311 e. The van der Waals surface area contributed by atoms with Gasteiger partial charge in [-0.05, 0) is 34.1 Å². The molecule has 3 heteroatoms. The summed E-state index contributed by atoms with van der Waals surface area (Å²) in [7, 11) is 0. The van der Waals surface area contributed by atoms with Crippen molar-refractivity contribution in [1.29, 1.82) is 0 Å². The minimum Gasteiger partial charge on any atom is -0.465 e. The number of carbonyl (C=O) groups is 1. The van der Waals surface area contributed by atoms with Gasteiger partial charge >= 0.3 is 5.97 Å². The van der Waals surface area contributed by atoms with E-state index in [0.29, 0.717) is 6.61 Å². The van der Waals surface area contributed by atoms with Crippen LogP contribution in [0.15, 0.2) is 0 Å². The third kappa shape index (κ3) is 5.50. The van der Waals surface area contributed by atoms with E-state index in [0.717, 1.165) is 32.5 Å². The van der Waals surface area contributed by atoms with Crippen molar-refractivity contribution >= 4 is 5.97 Å². The van der Waals surface area contributed by atoms with Crippen molar-refractivity contribution in [3.63, 3.8) is 0 Å². The number of quaternary nitrogens is 1. The molecular weight excluding hydrogens is 202 g/mol. The third-order valence-corrected chi connectivity index (χ3v) is 3.34. The van der Waals surface area contributed by atoms with Crippen LogP contribution in [-0.2, 0) is 9.53 Å². The molecule has 0 aliphatic carbocycles. The van der Waals surface area contributed by atoms with E-state index in [-0.39, 0.29) is 11.4 Å². The maximum atomic E-state index is 11.7. The molecule has 0 heterocycles. The number of rotatable bonds is 8. The predicted octanol–water partition coefficient (Wildman–Crippen LogP) is 1.28. The zero-order valence-electron chi connectivity index (χ0n) is 11.6. The maximum absolute atomic E-state index is 11.7. The molecule has 0 saturated heterocycles. The molecule has 0 aromatic carbocycles. The lowest BCUT2D eigenvalue weighted by atomic mass is 9.91. The first-order valence-corrected chi connectivity index (χ1v) is 6.48. The average molecular weight is 230 g/mol. The third-order valence-electron chi connectivity index (χ3n) is 3.34. The summed E-state index contributed by atoms with van der Waals surface area (Å²) in [6.45, 7) is 14.2. The lowest BCUT2D eigenvalue weighted by Crippen LogP contribution is -3.11. The second-order valence-corrected chi connectivity index (χ2v) is 4.93. The van der Waals surface area contributed by atoms with Crippen molar-refractivity contribution in [2.75, 3.05) is 26.2 Å². The Bertz CT molecular complexity index is 198. The molecule has 1 N–H and O–H groups in total. The fraction of sp³-hybridized carbons (Fsp3) is 0.923. The molecule has 0 aromatic heterocycles. The van der Waals surface area contributed by atoms with Gasteiger partial charge in [-0.15, -0.1) is 0 Å². The predicted molar refractivity (Wildman–Crippen MR) is 66.6 cm³/mol. The molecule has 0 saturated carbocycles. The highest BCUT2D eigenvalue weighted by atomic mass is 16.5. The summed E-state index contributed by atoms with van der Waals surface area (Å²) in [5.41, 5.74) is -0.331. The topological polar surface area (TPSA) is 30.7 Å². The Morgan fingerprint density at radius 3 is 2.19 bits per heavy atom. The second kappa shape index (κ2) is 7.66. The number of carbonyl (C=O) groups excluding carboxylic acids is 1. The van der Waals surface area contributed by atoms with Gasteiger partial charge in [-0.3, -0.25) is 4.79 Å². The second-order valence-electron chi connectivity index (χ2n) is 4.93. The van der Waals surface area contributed by atoms with Gasteiger partial charge in [0.2, 0.25) is 0 Å². The number of hydrogen-bond acceptors (Lipinski definition) is 2. The van der Waals surface area contributed by atoms with Gasteiger partial charge < -0.3 is 9.64 Å². The first-order chi connectivity index (χ1) is 7.47. The van der Waals surface area contributed by atoms with Crippen molar-refractivity contribution in [3.05, 3.63) is 0 Å². The molecule has 0 bridgehead atoms. The Morgan fingerprint density at radius 2 is 1.75 bits per heavy atom. The van der Waals surface area contributed by atoms with E-state index >= 15 is 0 Å². The van der Waals surface area contributed by atoms with E-state index < -0.39 is 0 Å². The van der Waals surface area contributed by atoms with Gasteiger partial charge in [0.15, 0.2) is 0 Å². The Morgan fingerprint density at radius 1 is 1.19 bits per heavy atom. The molecule has 0 radical (unpaired) electrons. The molecular formula is C13H28NO2+. The average Bonchev–Trinajstić information content (AvgIpc) is 2.29. The van der Waals surface area contributed by atoms with Crippen molar-refractivity contribution in [2.45, 2.75) is 47.5 Å². The molecule has 0 aliphatic heterocycles. The highest BCUT2D eigenvalue weighted by Crippen LogP contribution is 2.21. The number of ether oxygens (including phenoxy) is 1. The van der Waals surface area contributed by atoms with E-state index in [1.807, 2.05) is 20.8 Å². The zero-order chi connectivity index (χ0) is 12.6. The van der Waals surface area contributed by atoms with Crippen molar-refractivity contribution < 1.29 is 14.4 Å². The molecule has 0 rings (SSSR count). The highest BCUT2D eigenvalue weighted by Gasteiger charge is 2.26. The van der Waals surface area contributed by atoms with Crippen LogP contribution in [0.5, 0.6) is 0 Å². The van der Waals surface area contributed by atoms with Crippen LogP contribution in [0.3, 0.4) is 0 Å². The van der Waals surface area contributed by atoms with Gasteiger partial charge in [-0.25, -0.2) is 0 Å². The van der Waals surface area contributed by atoms with Crippen molar-refractivity contribution in [3.8, 4) is 0 Å². The molecule has 3 nitrogen and oxygen atoms in total. The van der Waals surface area contributed by atoms with E-state index in [2.05, 4.69) is 13.8 Å². The molecule has 0 spiro atoms. The summed E-state index contributed by atoms with van der Waals surface area (Å²) < 4.78 is 5.28. The van der Waals surface area contributed by atoms with Crippen LogP contribution in [0.25, 0.3) is 0 Å². The number of esters is 1. The summed E-state index contributed by atoms with van der Waals surface area (Å²) in [5, 5.41) is 0. The highest BCUT2D eigenvalue weighted by molar-refractivity contribution is 5.75. The van der Waals surface area contributed by atoms with Crippen LogP contribution in [0.4, 0.5) is 0 Å². The van der Waals surface area contributed by atoms with Gasteiger partial charge in [0.1, 0.15) is 0 Å². The molecule has 0 amide bonds. The Balaban J connectivity index is 3.71. The molecule has 0 aliphatic rings. The van der Waals surface area contributed by atoms with E-state index in [1.165, 1.54) is 0 Å². The summed E-state index contributed by atoms with van der Waals surface area (Å²) in [6, 6.07) is 0. The molecule has 0 aromatic rings. The largest absolute Gasteiger partial charge is 0.465 e. The Labute approximate surface area is 100 Å². The Hall–Kier alpha value is -0.570. The van der Waals surface area contributed by atoms with E-state index in [1.54, 1.807) is 4.90 Å². The molecule has 16 heavy (non-hydrogen) atoms. The van der Waals surface area contributed by atoms with Gasteiger partial charge in [0.05, 0.1) is 31.7 Å². The van der Waals surface area contributed by atoms with Gasteiger partial charge in [-0.1, -0.05) is 6.92 Å². The summed E-state index contributed by atoms with van der Waals surface area (Å²) in [5.74, 6) is -0.0652. The van der Waals surface area contributed by atoms with Crippen LogP contribution in [0.2, 0.25) is 0 Å². The summed E-state index contributed by atoms with van der Waals surface area (Å²) in [6.07, 6.45) is 1.79. The monoisotopic (exact) mass is 230 g/mol. The molecule has 96 valence electrons. The normalized spacial score (nSPS) is 11.9. The van der Waals surface area contributed by atoms with E-state index in [4.69, 9.17) is 4.74 Å². The van der Waals surface area contributed by atoms with Gasteiger partial charge in [0.25, 0.3) is 0 Å². The van der Waals surface area contributed by atoms with Crippen LogP contribution in [-0.4, -0.2) is 32.2 Å². The van der Waals surface area contributed by atoms with Crippen LogP contribution in [0.1, 0.15) is 47.5 Å². The molecule has 0 unspecified atom stereocenters. The minimum atomic E-state index is -0.331. The first-order valence-electron chi connectivity index (χ1n) is 6.48. The fourth-order valence-corrected chi connectivity index (χ4v) is 1.43. The first kappa shape index (κ1) is 15.4. The fourth-order valence-electron chi connectivity index (χ4n) is 1.43. The maximum Gasteiger partial charge on any atom is 0.311 e. The zero-order valence-corrected chi connectivity index (χ0v) is 11.6. The molecule has 0 fully saturated rings.